The van der Waals surface area contributed by atoms with Crippen molar-refractivity contribution in [3.05, 3.63) is 29.8 Å². The molecule has 0 saturated carbocycles. The molecule has 2 heterocycles. The van der Waals surface area contributed by atoms with Crippen LogP contribution < -0.4 is 35.9 Å². The SMILES string of the molecule is C[NH2+]c1c(N(N)Cc2ccc(OC)cc2)nc(OCC(C)(C)C)nc1N1CC[C@H](NC(C)=O)C1. The average Bonchev–Trinajstić information content (AvgIpc) is 3.24. The molecule has 5 N–H and O–H groups in total. The maximum atomic E-state index is 11.5. The van der Waals surface area contributed by atoms with Crippen molar-refractivity contribution < 1.29 is 19.6 Å². The molecule has 186 valence electrons. The Kier molecular flexibility index (Phi) is 8.16. The first-order chi connectivity index (χ1) is 16.1. The van der Waals surface area contributed by atoms with Gasteiger partial charge in [0, 0.05) is 26.1 Å². The van der Waals surface area contributed by atoms with Crippen molar-refractivity contribution in [1.82, 2.24) is 15.3 Å². The molecule has 1 saturated heterocycles. The van der Waals surface area contributed by atoms with Crippen LogP contribution in [0.25, 0.3) is 0 Å². The second kappa shape index (κ2) is 10.9. The minimum absolute atomic E-state index is 0.0284. The van der Waals surface area contributed by atoms with Crippen molar-refractivity contribution in [1.29, 1.82) is 0 Å². The smallest absolute Gasteiger partial charge is 0.320 e. The van der Waals surface area contributed by atoms with Crippen LogP contribution in [-0.4, -0.2) is 55.8 Å². The van der Waals surface area contributed by atoms with Crippen molar-refractivity contribution in [3.8, 4) is 11.8 Å². The monoisotopic (exact) mass is 472 g/mol. The molecule has 0 bridgehead atoms. The molecule has 1 aromatic heterocycles. The standard InChI is InChI=1S/C24H37N7O3/c1-16(32)27-18-11-12-30(14-18)21-20(26-5)22(29-23(28-21)34-15-24(2,3)4)31(25)13-17-7-9-19(33-6)10-8-17/h7-10,18,26H,11-15,25H2,1-6H3,(H,27,32)/p+1/t18-/m0/s1. The Morgan fingerprint density at radius 2 is 2.00 bits per heavy atom. The third-order valence-electron chi connectivity index (χ3n) is 5.49. The number of methoxy groups -OCH3 is 1. The molecule has 0 aliphatic carbocycles. The molecule has 10 heteroatoms. The van der Waals surface area contributed by atoms with E-state index in [0.29, 0.717) is 31.5 Å². The summed E-state index contributed by atoms with van der Waals surface area (Å²) in [5.41, 5.74) is 1.81. The number of anilines is 2. The van der Waals surface area contributed by atoms with E-state index in [1.165, 1.54) is 0 Å². The topological polar surface area (TPSA) is 122 Å². The molecular formula is C24H38N7O3+. The van der Waals surface area contributed by atoms with Gasteiger partial charge < -0.3 is 25.0 Å². The van der Waals surface area contributed by atoms with Gasteiger partial charge in [-0.15, -0.1) is 0 Å². The number of benzene rings is 1. The van der Waals surface area contributed by atoms with Crippen LogP contribution in [-0.2, 0) is 11.3 Å². The van der Waals surface area contributed by atoms with Gasteiger partial charge in [0.05, 0.1) is 27.3 Å². The molecule has 0 spiro atoms. The number of ether oxygens (including phenoxy) is 2. The van der Waals surface area contributed by atoms with Gasteiger partial charge in [0.2, 0.25) is 17.4 Å². The molecule has 0 radical (unpaired) electrons. The van der Waals surface area contributed by atoms with E-state index in [9.17, 15) is 4.79 Å². The predicted octanol–water partition coefficient (Wildman–Crippen LogP) is 1.33. The summed E-state index contributed by atoms with van der Waals surface area (Å²) in [7, 11) is 3.59. The first kappa shape index (κ1) is 25.5. The third kappa shape index (κ3) is 6.71. The summed E-state index contributed by atoms with van der Waals surface area (Å²) in [5, 5.41) is 6.60. The zero-order valence-electron chi connectivity index (χ0n) is 21.1. The predicted molar refractivity (Wildman–Crippen MR) is 132 cm³/mol. The summed E-state index contributed by atoms with van der Waals surface area (Å²) < 4.78 is 11.3. The van der Waals surface area contributed by atoms with Crippen LogP contribution in [0.3, 0.4) is 0 Å². The first-order valence-electron chi connectivity index (χ1n) is 11.6. The number of amides is 1. The maximum Gasteiger partial charge on any atom is 0.320 e. The van der Waals surface area contributed by atoms with Gasteiger partial charge in [-0.1, -0.05) is 32.9 Å². The molecule has 1 fully saturated rings. The highest BCUT2D eigenvalue weighted by Gasteiger charge is 2.31. The van der Waals surface area contributed by atoms with Gasteiger partial charge in [-0.2, -0.15) is 9.97 Å². The Morgan fingerprint density at radius 3 is 2.59 bits per heavy atom. The number of quaternary nitrogens is 1. The van der Waals surface area contributed by atoms with E-state index in [1.807, 2.05) is 36.6 Å². The largest absolute Gasteiger partial charge is 0.497 e. The van der Waals surface area contributed by atoms with Crippen LogP contribution >= 0.6 is 0 Å². The van der Waals surface area contributed by atoms with Crippen LogP contribution in [0.1, 0.15) is 39.7 Å². The number of carbonyl (C=O) groups excluding carboxylic acids is 1. The normalized spacial score (nSPS) is 15.9. The van der Waals surface area contributed by atoms with Gasteiger partial charge in [-0.25, -0.2) is 5.84 Å². The van der Waals surface area contributed by atoms with Crippen molar-refractivity contribution in [2.75, 3.05) is 43.8 Å². The van der Waals surface area contributed by atoms with Crippen LogP contribution in [0, 0.1) is 5.41 Å². The summed E-state index contributed by atoms with van der Waals surface area (Å²) in [4.78, 5) is 23.2. The van der Waals surface area contributed by atoms with E-state index in [0.717, 1.165) is 35.8 Å². The van der Waals surface area contributed by atoms with E-state index in [4.69, 9.17) is 25.3 Å². The third-order valence-corrected chi connectivity index (χ3v) is 5.49. The number of aromatic nitrogens is 2. The summed E-state index contributed by atoms with van der Waals surface area (Å²) in [5.74, 6) is 8.66. The molecular weight excluding hydrogens is 434 g/mol. The fraction of sp³-hybridized carbons (Fsp3) is 0.542. The second-order valence-corrected chi connectivity index (χ2v) is 9.81. The van der Waals surface area contributed by atoms with Gasteiger partial charge in [-0.3, -0.25) is 9.80 Å². The molecule has 1 aromatic carbocycles. The van der Waals surface area contributed by atoms with Gasteiger partial charge in [0.1, 0.15) is 5.75 Å². The molecule has 1 atom stereocenters. The lowest BCUT2D eigenvalue weighted by atomic mass is 9.99. The number of hydrogen-bond donors (Lipinski definition) is 3. The Hall–Kier alpha value is -3.11. The van der Waals surface area contributed by atoms with Crippen LogP contribution in [0.4, 0.5) is 17.3 Å². The zero-order chi connectivity index (χ0) is 24.9. The van der Waals surface area contributed by atoms with E-state index in [2.05, 4.69) is 31.0 Å². The van der Waals surface area contributed by atoms with Crippen molar-refractivity contribution in [2.45, 2.75) is 46.7 Å². The first-order valence-corrected chi connectivity index (χ1v) is 11.6. The maximum absolute atomic E-state index is 11.5. The molecule has 10 nitrogen and oxygen atoms in total. The molecule has 0 unspecified atom stereocenters. The lowest BCUT2D eigenvalue weighted by molar-refractivity contribution is -0.538. The molecule has 34 heavy (non-hydrogen) atoms. The number of hydrogen-bond acceptors (Lipinski definition) is 8. The van der Waals surface area contributed by atoms with Crippen molar-refractivity contribution >= 4 is 23.2 Å². The van der Waals surface area contributed by atoms with E-state index >= 15 is 0 Å². The van der Waals surface area contributed by atoms with E-state index in [-0.39, 0.29) is 17.4 Å². The summed E-state index contributed by atoms with van der Waals surface area (Å²) >= 11 is 0. The molecule has 1 amide bonds. The summed E-state index contributed by atoms with van der Waals surface area (Å²) in [6, 6.07) is 8.14. The number of nitrogens with two attached hydrogens (primary N) is 2. The van der Waals surface area contributed by atoms with E-state index < -0.39 is 0 Å². The minimum Gasteiger partial charge on any atom is -0.497 e. The second-order valence-electron chi connectivity index (χ2n) is 9.81. The molecule has 1 aliphatic heterocycles. The van der Waals surface area contributed by atoms with Gasteiger partial charge in [0.15, 0.2) is 5.82 Å². The van der Waals surface area contributed by atoms with Crippen LogP contribution in [0.5, 0.6) is 11.8 Å². The minimum atomic E-state index is -0.0467. The zero-order valence-corrected chi connectivity index (χ0v) is 21.1. The highest BCUT2D eigenvalue weighted by Crippen LogP contribution is 2.33. The van der Waals surface area contributed by atoms with Crippen molar-refractivity contribution in [2.24, 2.45) is 11.3 Å². The molecule has 2 aromatic rings. The number of nitrogens with zero attached hydrogens (tertiary/aromatic N) is 4. The van der Waals surface area contributed by atoms with Crippen molar-refractivity contribution in [3.63, 3.8) is 0 Å². The summed E-state index contributed by atoms with van der Waals surface area (Å²) in [6.07, 6.45) is 0.846. The van der Waals surface area contributed by atoms with Gasteiger partial charge in [0.25, 0.3) is 0 Å². The average molecular weight is 473 g/mol. The number of carbonyl (C=O) groups is 1. The highest BCUT2D eigenvalue weighted by molar-refractivity contribution is 5.74. The van der Waals surface area contributed by atoms with E-state index in [1.54, 1.807) is 19.0 Å². The Labute approximate surface area is 201 Å². The Morgan fingerprint density at radius 1 is 1.29 bits per heavy atom. The van der Waals surface area contributed by atoms with Gasteiger partial charge in [-0.05, 0) is 29.5 Å². The number of nitrogens with one attached hydrogen (secondary N) is 1. The fourth-order valence-corrected chi connectivity index (χ4v) is 3.85. The number of rotatable bonds is 9. The summed E-state index contributed by atoms with van der Waals surface area (Å²) in [6.45, 7) is 10.2. The molecule has 3 rings (SSSR count). The van der Waals surface area contributed by atoms with Crippen LogP contribution in [0.2, 0.25) is 0 Å². The van der Waals surface area contributed by atoms with Crippen LogP contribution in [0.15, 0.2) is 24.3 Å². The fourth-order valence-electron chi connectivity index (χ4n) is 3.85. The molecule has 1 aliphatic rings. The lowest BCUT2D eigenvalue weighted by Gasteiger charge is -2.25. The highest BCUT2D eigenvalue weighted by atomic mass is 16.5. The lowest BCUT2D eigenvalue weighted by Crippen LogP contribution is -2.73. The van der Waals surface area contributed by atoms with Gasteiger partial charge >= 0.3 is 6.01 Å². The Bertz CT molecular complexity index is 976. The quantitative estimate of drug-likeness (QED) is 0.369. The number of hydrazine groups is 1. The Balaban J connectivity index is 1.93.